The molecule has 1 aliphatic rings. The number of ether oxygens (including phenoxy) is 1. The summed E-state index contributed by atoms with van der Waals surface area (Å²) >= 11 is 0. The molecule has 4 heteroatoms. The van der Waals surface area contributed by atoms with E-state index in [1.54, 1.807) is 6.20 Å². The molecule has 106 valence electrons. The van der Waals surface area contributed by atoms with Crippen LogP contribution in [0.15, 0.2) is 36.7 Å². The SMILES string of the molecule is CC(NC1CC(C)(C)Oc2ccccc21)c1ncc[nH]1. The Morgan fingerprint density at radius 3 is 2.95 bits per heavy atom. The summed E-state index contributed by atoms with van der Waals surface area (Å²) < 4.78 is 6.06. The van der Waals surface area contributed by atoms with Crippen LogP contribution >= 0.6 is 0 Å². The Bertz CT molecular complexity index is 577. The Morgan fingerprint density at radius 2 is 2.20 bits per heavy atom. The van der Waals surface area contributed by atoms with Crippen LogP contribution in [0.1, 0.15) is 50.7 Å². The molecule has 2 aromatic rings. The third kappa shape index (κ3) is 2.56. The second-order valence-corrected chi connectivity index (χ2v) is 6.02. The van der Waals surface area contributed by atoms with Gasteiger partial charge in [-0.05, 0) is 26.8 Å². The van der Waals surface area contributed by atoms with E-state index in [0.29, 0.717) is 0 Å². The first-order chi connectivity index (χ1) is 9.55. The lowest BCUT2D eigenvalue weighted by Crippen LogP contribution is -2.40. The van der Waals surface area contributed by atoms with E-state index in [0.717, 1.165) is 18.0 Å². The van der Waals surface area contributed by atoms with Gasteiger partial charge in [0.15, 0.2) is 0 Å². The fourth-order valence-electron chi connectivity index (χ4n) is 2.85. The lowest BCUT2D eigenvalue weighted by Gasteiger charge is -2.38. The molecule has 1 aliphatic heterocycles. The van der Waals surface area contributed by atoms with Crippen LogP contribution in [0.2, 0.25) is 0 Å². The summed E-state index contributed by atoms with van der Waals surface area (Å²) in [7, 11) is 0. The molecule has 20 heavy (non-hydrogen) atoms. The topological polar surface area (TPSA) is 49.9 Å². The van der Waals surface area contributed by atoms with Crippen LogP contribution in [-0.2, 0) is 0 Å². The largest absolute Gasteiger partial charge is 0.487 e. The van der Waals surface area contributed by atoms with Gasteiger partial charge in [0.25, 0.3) is 0 Å². The first-order valence-electron chi connectivity index (χ1n) is 7.08. The van der Waals surface area contributed by atoms with Crippen molar-refractivity contribution in [2.75, 3.05) is 0 Å². The van der Waals surface area contributed by atoms with E-state index in [4.69, 9.17) is 4.74 Å². The van der Waals surface area contributed by atoms with Gasteiger partial charge < -0.3 is 15.0 Å². The number of aromatic amines is 1. The predicted molar refractivity (Wildman–Crippen MR) is 78.6 cm³/mol. The number of hydrogen-bond donors (Lipinski definition) is 2. The van der Waals surface area contributed by atoms with E-state index in [-0.39, 0.29) is 17.7 Å². The van der Waals surface area contributed by atoms with Crippen molar-refractivity contribution in [3.8, 4) is 5.75 Å². The Hall–Kier alpha value is -1.81. The standard InChI is InChI=1S/C16H21N3O/c1-11(15-17-8-9-18-15)19-13-10-16(2,3)20-14-7-5-4-6-12(13)14/h4-9,11,13,19H,10H2,1-3H3,(H,17,18). The van der Waals surface area contributed by atoms with Gasteiger partial charge in [0.05, 0.1) is 6.04 Å². The van der Waals surface area contributed by atoms with Crippen LogP contribution in [0.3, 0.4) is 0 Å². The summed E-state index contributed by atoms with van der Waals surface area (Å²) in [5, 5.41) is 3.66. The summed E-state index contributed by atoms with van der Waals surface area (Å²) in [5.41, 5.74) is 1.07. The summed E-state index contributed by atoms with van der Waals surface area (Å²) in [6.07, 6.45) is 4.58. The Kier molecular flexibility index (Phi) is 3.26. The van der Waals surface area contributed by atoms with Crippen LogP contribution in [-0.4, -0.2) is 15.6 Å². The van der Waals surface area contributed by atoms with E-state index in [1.165, 1.54) is 5.56 Å². The smallest absolute Gasteiger partial charge is 0.124 e. The number of nitrogens with one attached hydrogen (secondary N) is 2. The second-order valence-electron chi connectivity index (χ2n) is 6.02. The van der Waals surface area contributed by atoms with Crippen molar-refractivity contribution in [1.82, 2.24) is 15.3 Å². The van der Waals surface area contributed by atoms with E-state index < -0.39 is 0 Å². The van der Waals surface area contributed by atoms with Gasteiger partial charge >= 0.3 is 0 Å². The number of fused-ring (bicyclic) bond motifs is 1. The summed E-state index contributed by atoms with van der Waals surface area (Å²) in [6, 6.07) is 8.71. The van der Waals surface area contributed by atoms with Crippen molar-refractivity contribution in [1.29, 1.82) is 0 Å². The quantitative estimate of drug-likeness (QED) is 0.900. The minimum atomic E-state index is -0.158. The molecule has 0 saturated heterocycles. The monoisotopic (exact) mass is 271 g/mol. The van der Waals surface area contributed by atoms with Crippen LogP contribution in [0, 0.1) is 0 Å². The number of H-pyrrole nitrogens is 1. The normalized spacial score (nSPS) is 21.9. The molecule has 2 atom stereocenters. The number of rotatable bonds is 3. The van der Waals surface area contributed by atoms with Crippen molar-refractivity contribution < 1.29 is 4.74 Å². The summed E-state index contributed by atoms with van der Waals surface area (Å²) in [6.45, 7) is 6.40. The van der Waals surface area contributed by atoms with Gasteiger partial charge in [-0.2, -0.15) is 0 Å². The van der Waals surface area contributed by atoms with Crippen molar-refractivity contribution in [2.45, 2.75) is 44.9 Å². The highest BCUT2D eigenvalue weighted by atomic mass is 16.5. The van der Waals surface area contributed by atoms with Crippen molar-refractivity contribution in [3.05, 3.63) is 48.0 Å². The van der Waals surface area contributed by atoms with E-state index in [9.17, 15) is 0 Å². The zero-order chi connectivity index (χ0) is 14.2. The molecule has 2 heterocycles. The molecule has 2 unspecified atom stereocenters. The average molecular weight is 271 g/mol. The first kappa shape index (κ1) is 13.2. The molecule has 0 spiro atoms. The maximum Gasteiger partial charge on any atom is 0.124 e. The second kappa shape index (κ2) is 4.94. The molecule has 4 nitrogen and oxygen atoms in total. The molecule has 0 bridgehead atoms. The molecular weight excluding hydrogens is 250 g/mol. The Labute approximate surface area is 119 Å². The third-order valence-electron chi connectivity index (χ3n) is 3.76. The van der Waals surface area contributed by atoms with E-state index >= 15 is 0 Å². The number of imidazole rings is 1. The maximum atomic E-state index is 6.06. The van der Waals surface area contributed by atoms with Crippen molar-refractivity contribution in [2.24, 2.45) is 0 Å². The molecule has 0 fully saturated rings. The molecule has 1 aromatic heterocycles. The fourth-order valence-corrected chi connectivity index (χ4v) is 2.85. The van der Waals surface area contributed by atoms with Crippen LogP contribution in [0.25, 0.3) is 0 Å². The molecule has 0 aliphatic carbocycles. The first-order valence-corrected chi connectivity index (χ1v) is 7.08. The van der Waals surface area contributed by atoms with Crippen LogP contribution in [0.5, 0.6) is 5.75 Å². The van der Waals surface area contributed by atoms with Gasteiger partial charge in [-0.15, -0.1) is 0 Å². The summed E-state index contributed by atoms with van der Waals surface area (Å²) in [5.74, 6) is 1.94. The van der Waals surface area contributed by atoms with E-state index in [1.807, 2.05) is 18.3 Å². The third-order valence-corrected chi connectivity index (χ3v) is 3.76. The van der Waals surface area contributed by atoms with Gasteiger partial charge in [0.1, 0.15) is 17.2 Å². The van der Waals surface area contributed by atoms with Gasteiger partial charge in [-0.25, -0.2) is 4.98 Å². The average Bonchev–Trinajstić information content (AvgIpc) is 2.91. The predicted octanol–water partition coefficient (Wildman–Crippen LogP) is 3.36. The number of nitrogens with zero attached hydrogens (tertiary/aromatic N) is 1. The highest BCUT2D eigenvalue weighted by molar-refractivity contribution is 5.38. The van der Waals surface area contributed by atoms with Crippen molar-refractivity contribution in [3.63, 3.8) is 0 Å². The van der Waals surface area contributed by atoms with Crippen LogP contribution < -0.4 is 10.1 Å². The molecular formula is C16H21N3O. The lowest BCUT2D eigenvalue weighted by molar-refractivity contribution is 0.0638. The van der Waals surface area contributed by atoms with Gasteiger partial charge in [0, 0.05) is 30.4 Å². The van der Waals surface area contributed by atoms with Gasteiger partial charge in [0.2, 0.25) is 0 Å². The Morgan fingerprint density at radius 1 is 1.40 bits per heavy atom. The molecule has 0 amide bonds. The molecule has 3 rings (SSSR count). The van der Waals surface area contributed by atoms with Gasteiger partial charge in [-0.1, -0.05) is 18.2 Å². The zero-order valence-electron chi connectivity index (χ0n) is 12.2. The number of hydrogen-bond acceptors (Lipinski definition) is 3. The maximum absolute atomic E-state index is 6.06. The number of para-hydroxylation sites is 1. The molecule has 0 radical (unpaired) electrons. The zero-order valence-corrected chi connectivity index (χ0v) is 12.2. The lowest BCUT2D eigenvalue weighted by atomic mass is 9.89. The minimum Gasteiger partial charge on any atom is -0.487 e. The molecule has 0 saturated carbocycles. The fraction of sp³-hybridized carbons (Fsp3) is 0.438. The number of benzene rings is 1. The summed E-state index contributed by atoms with van der Waals surface area (Å²) in [4.78, 5) is 7.49. The minimum absolute atomic E-state index is 0.158. The van der Waals surface area contributed by atoms with Crippen molar-refractivity contribution >= 4 is 0 Å². The Balaban J connectivity index is 1.85. The molecule has 2 N–H and O–H groups in total. The highest BCUT2D eigenvalue weighted by Gasteiger charge is 2.34. The molecule has 1 aromatic carbocycles. The van der Waals surface area contributed by atoms with E-state index in [2.05, 4.69) is 48.2 Å². The highest BCUT2D eigenvalue weighted by Crippen LogP contribution is 2.40. The number of aromatic nitrogens is 2. The van der Waals surface area contributed by atoms with Crippen LogP contribution in [0.4, 0.5) is 0 Å². The van der Waals surface area contributed by atoms with Gasteiger partial charge in [-0.3, -0.25) is 0 Å².